The van der Waals surface area contributed by atoms with Gasteiger partial charge in [-0.2, -0.15) is 4.31 Å². The fourth-order valence-corrected chi connectivity index (χ4v) is 6.44. The molecule has 0 unspecified atom stereocenters. The zero-order chi connectivity index (χ0) is 18.5. The number of ether oxygens (including phenoxy) is 2. The normalized spacial score (nSPS) is 29.4. The predicted octanol–water partition coefficient (Wildman–Crippen LogP) is 2.05. The quantitative estimate of drug-likeness (QED) is 0.803. The van der Waals surface area contributed by atoms with Gasteiger partial charge >= 0.3 is 0 Å². The minimum absolute atomic E-state index is 0.0851. The summed E-state index contributed by atoms with van der Waals surface area (Å²) in [7, 11) is 0.167. The van der Waals surface area contributed by atoms with Crippen molar-refractivity contribution in [2.24, 2.45) is 5.92 Å². The van der Waals surface area contributed by atoms with Crippen LogP contribution in [0.15, 0.2) is 12.1 Å². The van der Waals surface area contributed by atoms with E-state index in [2.05, 4.69) is 11.0 Å². The molecule has 0 bridgehead atoms. The first-order valence-electron chi connectivity index (χ1n) is 9.38. The molecule has 3 atom stereocenters. The third-order valence-electron chi connectivity index (χ3n) is 6.34. The van der Waals surface area contributed by atoms with Crippen LogP contribution in [0.5, 0.6) is 11.5 Å². The smallest absolute Gasteiger partial charge is 0.211 e. The molecule has 0 saturated carbocycles. The van der Waals surface area contributed by atoms with Gasteiger partial charge < -0.3 is 9.47 Å². The molecule has 0 aliphatic carbocycles. The van der Waals surface area contributed by atoms with Crippen molar-refractivity contribution in [3.05, 3.63) is 23.3 Å². The molecule has 26 heavy (non-hydrogen) atoms. The van der Waals surface area contributed by atoms with E-state index in [0.29, 0.717) is 12.5 Å². The molecule has 1 aromatic carbocycles. The average Bonchev–Trinajstić information content (AvgIpc) is 2.63. The summed E-state index contributed by atoms with van der Waals surface area (Å²) < 4.78 is 37.7. The number of piperidine rings is 2. The van der Waals surface area contributed by atoms with E-state index in [1.807, 2.05) is 6.07 Å². The lowest BCUT2D eigenvalue weighted by Crippen LogP contribution is -2.57. The van der Waals surface area contributed by atoms with Gasteiger partial charge in [0, 0.05) is 37.3 Å². The first-order valence-corrected chi connectivity index (χ1v) is 11.2. The molecule has 3 aliphatic heterocycles. The monoisotopic (exact) mass is 380 g/mol. The van der Waals surface area contributed by atoms with Gasteiger partial charge in [0.2, 0.25) is 10.0 Å². The molecule has 0 N–H and O–H groups in total. The van der Waals surface area contributed by atoms with Gasteiger partial charge in [0.1, 0.15) is 0 Å². The van der Waals surface area contributed by atoms with Crippen molar-refractivity contribution in [1.82, 2.24) is 9.21 Å². The van der Waals surface area contributed by atoms with E-state index in [1.165, 1.54) is 17.4 Å². The molecule has 1 aromatic rings. The van der Waals surface area contributed by atoms with Crippen LogP contribution < -0.4 is 9.47 Å². The number of benzene rings is 1. The van der Waals surface area contributed by atoms with Crippen molar-refractivity contribution >= 4 is 10.0 Å². The van der Waals surface area contributed by atoms with E-state index in [-0.39, 0.29) is 12.1 Å². The molecule has 6 nitrogen and oxygen atoms in total. The fourth-order valence-electron chi connectivity index (χ4n) is 5.23. The Morgan fingerprint density at radius 1 is 1.15 bits per heavy atom. The zero-order valence-electron chi connectivity index (χ0n) is 15.8. The molecule has 0 amide bonds. The lowest BCUT2D eigenvalue weighted by molar-refractivity contribution is 0.0211. The maximum atomic E-state index is 12.3. The number of fused-ring (bicyclic) bond motifs is 4. The van der Waals surface area contributed by atoms with E-state index < -0.39 is 10.0 Å². The Hall–Kier alpha value is -1.31. The number of sulfonamides is 1. The number of methoxy groups -OCH3 is 2. The number of hydrogen-bond acceptors (Lipinski definition) is 5. The minimum Gasteiger partial charge on any atom is -0.493 e. The standard InChI is InChI=1S/C19H28N2O4S/c1-24-17-7-6-13-8-10-20-12-14-5-4-9-21(26(3,22)23)15(14)11-16(20)18(13)19(17)25-2/h6-7,14-16H,4-5,8-12H2,1-3H3/t14-,15+,16-/m1/s1. The molecule has 7 heteroatoms. The van der Waals surface area contributed by atoms with Crippen LogP contribution in [0.4, 0.5) is 0 Å². The molecule has 0 spiro atoms. The summed E-state index contributed by atoms with van der Waals surface area (Å²) in [5.74, 6) is 1.98. The Morgan fingerprint density at radius 2 is 1.96 bits per heavy atom. The molecule has 3 heterocycles. The Morgan fingerprint density at radius 3 is 2.65 bits per heavy atom. The van der Waals surface area contributed by atoms with Crippen LogP contribution in [0.3, 0.4) is 0 Å². The molecule has 2 fully saturated rings. The molecular formula is C19H28N2O4S. The van der Waals surface area contributed by atoms with E-state index in [1.54, 1.807) is 18.5 Å². The van der Waals surface area contributed by atoms with E-state index in [4.69, 9.17) is 9.47 Å². The second-order valence-electron chi connectivity index (χ2n) is 7.71. The molecule has 0 radical (unpaired) electrons. The Labute approximate surface area is 156 Å². The zero-order valence-corrected chi connectivity index (χ0v) is 16.6. The van der Waals surface area contributed by atoms with Crippen LogP contribution in [-0.4, -0.2) is 63.8 Å². The van der Waals surface area contributed by atoms with Crippen LogP contribution in [0.2, 0.25) is 0 Å². The summed E-state index contributed by atoms with van der Waals surface area (Å²) in [6.45, 7) is 2.63. The maximum absolute atomic E-state index is 12.3. The van der Waals surface area contributed by atoms with Gasteiger partial charge in [-0.25, -0.2) is 8.42 Å². The Kier molecular flexibility index (Phi) is 4.65. The average molecular weight is 381 g/mol. The number of nitrogens with zero attached hydrogens (tertiary/aromatic N) is 2. The minimum atomic E-state index is -3.18. The Bertz CT molecular complexity index is 795. The third kappa shape index (κ3) is 2.90. The fraction of sp³-hybridized carbons (Fsp3) is 0.684. The second kappa shape index (κ2) is 6.69. The van der Waals surface area contributed by atoms with Crippen LogP contribution >= 0.6 is 0 Å². The first-order chi connectivity index (χ1) is 12.4. The highest BCUT2D eigenvalue weighted by Crippen LogP contribution is 2.48. The maximum Gasteiger partial charge on any atom is 0.211 e. The van der Waals surface area contributed by atoms with Gasteiger partial charge in [0.05, 0.1) is 20.5 Å². The van der Waals surface area contributed by atoms with E-state index in [0.717, 1.165) is 50.3 Å². The summed E-state index contributed by atoms with van der Waals surface area (Å²) >= 11 is 0. The van der Waals surface area contributed by atoms with Gasteiger partial charge in [-0.05, 0) is 43.2 Å². The summed E-state index contributed by atoms with van der Waals surface area (Å²) in [6, 6.07) is 4.38. The second-order valence-corrected chi connectivity index (χ2v) is 9.65. The third-order valence-corrected chi connectivity index (χ3v) is 7.65. The molecule has 2 saturated heterocycles. The van der Waals surface area contributed by atoms with E-state index in [9.17, 15) is 8.42 Å². The lowest BCUT2D eigenvalue weighted by atomic mass is 9.77. The Balaban J connectivity index is 1.74. The summed E-state index contributed by atoms with van der Waals surface area (Å²) in [5, 5.41) is 0. The summed E-state index contributed by atoms with van der Waals surface area (Å²) in [5.41, 5.74) is 2.49. The van der Waals surface area contributed by atoms with Crippen molar-refractivity contribution in [2.45, 2.75) is 37.8 Å². The van der Waals surface area contributed by atoms with Gasteiger partial charge in [-0.3, -0.25) is 4.90 Å². The predicted molar refractivity (Wildman–Crippen MR) is 100 cm³/mol. The van der Waals surface area contributed by atoms with E-state index >= 15 is 0 Å². The summed E-state index contributed by atoms with van der Waals surface area (Å²) in [6.07, 6.45) is 5.25. The largest absolute Gasteiger partial charge is 0.493 e. The van der Waals surface area contributed by atoms with Crippen molar-refractivity contribution < 1.29 is 17.9 Å². The molecule has 4 rings (SSSR count). The highest BCUT2D eigenvalue weighted by atomic mass is 32.2. The lowest BCUT2D eigenvalue weighted by Gasteiger charge is -2.51. The van der Waals surface area contributed by atoms with Gasteiger partial charge in [-0.1, -0.05) is 6.07 Å². The summed E-state index contributed by atoms with van der Waals surface area (Å²) in [4.78, 5) is 2.53. The van der Waals surface area contributed by atoms with Crippen LogP contribution in [0.25, 0.3) is 0 Å². The first kappa shape index (κ1) is 18.1. The van der Waals surface area contributed by atoms with Gasteiger partial charge in [0.15, 0.2) is 11.5 Å². The number of hydrogen-bond donors (Lipinski definition) is 0. The van der Waals surface area contributed by atoms with Crippen molar-refractivity contribution in [1.29, 1.82) is 0 Å². The van der Waals surface area contributed by atoms with Crippen LogP contribution in [0.1, 0.15) is 36.4 Å². The van der Waals surface area contributed by atoms with Crippen LogP contribution in [-0.2, 0) is 16.4 Å². The highest BCUT2D eigenvalue weighted by Gasteiger charge is 2.46. The number of rotatable bonds is 3. The molecule has 144 valence electrons. The van der Waals surface area contributed by atoms with Crippen molar-refractivity contribution in [2.75, 3.05) is 40.1 Å². The van der Waals surface area contributed by atoms with Crippen molar-refractivity contribution in [3.8, 4) is 11.5 Å². The highest BCUT2D eigenvalue weighted by molar-refractivity contribution is 7.88. The van der Waals surface area contributed by atoms with Crippen molar-refractivity contribution in [3.63, 3.8) is 0 Å². The molecule has 0 aromatic heterocycles. The topological polar surface area (TPSA) is 59.1 Å². The van der Waals surface area contributed by atoms with Gasteiger partial charge in [0.25, 0.3) is 0 Å². The van der Waals surface area contributed by atoms with Gasteiger partial charge in [-0.15, -0.1) is 0 Å². The molecular weight excluding hydrogens is 352 g/mol. The SMILES string of the molecule is COc1ccc2c(c1OC)[C@H]1C[C@H]3[C@H](CCCN3S(C)(=O)=O)CN1CC2. The van der Waals surface area contributed by atoms with Crippen LogP contribution in [0, 0.1) is 5.92 Å². The molecule has 3 aliphatic rings.